The molecule has 1 aliphatic rings. The Morgan fingerprint density at radius 2 is 2.00 bits per heavy atom. The standard InChI is InChI=1S/C23H14ClFN2O5S/c1-10-20(22(30)31-2)33-23(26-10)27-17(12-5-3-4-6-14(12)25)16-18(28)13-9-11(24)7-8-15(13)32-19(16)21(27)29/h3-9,17H,1-2H3. The van der Waals surface area contributed by atoms with Crippen molar-refractivity contribution in [2.75, 3.05) is 12.0 Å². The molecule has 4 aromatic rings. The Kier molecular flexibility index (Phi) is 5.02. The number of benzene rings is 2. The quantitative estimate of drug-likeness (QED) is 0.385. The summed E-state index contributed by atoms with van der Waals surface area (Å²) in [4.78, 5) is 44.9. The van der Waals surface area contributed by atoms with E-state index in [1.807, 2.05) is 0 Å². The van der Waals surface area contributed by atoms with Crippen molar-refractivity contribution in [3.05, 3.63) is 91.0 Å². The van der Waals surface area contributed by atoms with E-state index in [1.165, 1.54) is 48.4 Å². The summed E-state index contributed by atoms with van der Waals surface area (Å²) in [7, 11) is 1.24. The number of carbonyl (C=O) groups is 2. The summed E-state index contributed by atoms with van der Waals surface area (Å²) in [6, 6.07) is 9.16. The van der Waals surface area contributed by atoms with Crippen molar-refractivity contribution in [1.82, 2.24) is 4.98 Å². The van der Waals surface area contributed by atoms with Gasteiger partial charge in [-0.1, -0.05) is 41.1 Å². The minimum absolute atomic E-state index is 0.0210. The highest BCUT2D eigenvalue weighted by atomic mass is 35.5. The van der Waals surface area contributed by atoms with Crippen LogP contribution in [0.25, 0.3) is 11.0 Å². The third kappa shape index (κ3) is 3.23. The van der Waals surface area contributed by atoms with Crippen LogP contribution >= 0.6 is 22.9 Å². The van der Waals surface area contributed by atoms with Crippen molar-refractivity contribution >= 4 is 50.9 Å². The Labute approximate surface area is 195 Å². The number of aryl methyl sites for hydroxylation is 1. The summed E-state index contributed by atoms with van der Waals surface area (Å²) >= 11 is 6.98. The van der Waals surface area contributed by atoms with Gasteiger partial charge in [0.2, 0.25) is 5.76 Å². The molecule has 1 unspecified atom stereocenters. The number of ether oxygens (including phenoxy) is 1. The SMILES string of the molecule is COC(=O)c1sc(N2C(=O)c3oc4ccc(Cl)cc4c(=O)c3C2c2ccccc2F)nc1C. The van der Waals surface area contributed by atoms with Gasteiger partial charge in [-0.05, 0) is 31.2 Å². The first-order valence-electron chi connectivity index (χ1n) is 9.71. The number of fused-ring (bicyclic) bond motifs is 2. The number of anilines is 1. The predicted octanol–water partition coefficient (Wildman–Crippen LogP) is 4.89. The van der Waals surface area contributed by atoms with Crippen molar-refractivity contribution in [3.63, 3.8) is 0 Å². The molecule has 3 heterocycles. The molecule has 166 valence electrons. The summed E-state index contributed by atoms with van der Waals surface area (Å²) in [5.74, 6) is -2.11. The lowest BCUT2D eigenvalue weighted by Gasteiger charge is -2.22. The van der Waals surface area contributed by atoms with Crippen LogP contribution in [0.5, 0.6) is 0 Å². The van der Waals surface area contributed by atoms with Crippen LogP contribution in [-0.4, -0.2) is 24.0 Å². The van der Waals surface area contributed by atoms with E-state index in [1.54, 1.807) is 13.0 Å². The van der Waals surface area contributed by atoms with Gasteiger partial charge in [0.1, 0.15) is 22.3 Å². The molecule has 0 bridgehead atoms. The first-order chi connectivity index (χ1) is 15.8. The molecule has 1 atom stereocenters. The van der Waals surface area contributed by atoms with E-state index in [-0.39, 0.29) is 37.9 Å². The topological polar surface area (TPSA) is 89.7 Å². The van der Waals surface area contributed by atoms with Crippen LogP contribution in [0.1, 0.15) is 43.1 Å². The molecule has 0 aliphatic carbocycles. The number of nitrogens with zero attached hydrogens (tertiary/aromatic N) is 2. The van der Waals surface area contributed by atoms with E-state index >= 15 is 0 Å². The minimum Gasteiger partial charge on any atom is -0.465 e. The molecule has 0 saturated heterocycles. The Morgan fingerprint density at radius 1 is 1.24 bits per heavy atom. The molecule has 7 nitrogen and oxygen atoms in total. The van der Waals surface area contributed by atoms with E-state index in [2.05, 4.69) is 4.98 Å². The van der Waals surface area contributed by atoms with E-state index in [4.69, 9.17) is 20.8 Å². The van der Waals surface area contributed by atoms with Gasteiger partial charge in [0.15, 0.2) is 10.6 Å². The second kappa shape index (κ2) is 7.79. The monoisotopic (exact) mass is 484 g/mol. The fraction of sp³-hybridized carbons (Fsp3) is 0.130. The van der Waals surface area contributed by atoms with Crippen LogP contribution in [0.3, 0.4) is 0 Å². The second-order valence-electron chi connectivity index (χ2n) is 7.32. The molecule has 2 aromatic carbocycles. The number of halogens is 2. The molecule has 33 heavy (non-hydrogen) atoms. The van der Waals surface area contributed by atoms with E-state index in [9.17, 15) is 18.8 Å². The third-order valence-electron chi connectivity index (χ3n) is 5.39. The number of hydrogen-bond acceptors (Lipinski definition) is 7. The molecule has 0 fully saturated rings. The highest BCUT2D eigenvalue weighted by molar-refractivity contribution is 7.17. The number of carbonyl (C=O) groups excluding carboxylic acids is 2. The number of methoxy groups -OCH3 is 1. The first-order valence-corrected chi connectivity index (χ1v) is 10.9. The molecular formula is C23H14ClFN2O5S. The molecule has 0 saturated carbocycles. The highest BCUT2D eigenvalue weighted by Gasteiger charge is 2.46. The Morgan fingerprint density at radius 3 is 2.73 bits per heavy atom. The first kappa shape index (κ1) is 21.3. The van der Waals surface area contributed by atoms with Crippen LogP contribution in [0, 0.1) is 12.7 Å². The number of thiazole rings is 1. The molecular weight excluding hydrogens is 471 g/mol. The van der Waals surface area contributed by atoms with Gasteiger partial charge in [-0.15, -0.1) is 0 Å². The van der Waals surface area contributed by atoms with Gasteiger partial charge in [0.05, 0.1) is 23.8 Å². The highest BCUT2D eigenvalue weighted by Crippen LogP contribution is 2.43. The van der Waals surface area contributed by atoms with Crippen molar-refractivity contribution in [2.45, 2.75) is 13.0 Å². The van der Waals surface area contributed by atoms with Crippen LogP contribution in [-0.2, 0) is 4.74 Å². The summed E-state index contributed by atoms with van der Waals surface area (Å²) in [5, 5.41) is 0.596. The summed E-state index contributed by atoms with van der Waals surface area (Å²) < 4.78 is 25.5. The zero-order chi connectivity index (χ0) is 23.4. The van der Waals surface area contributed by atoms with Crippen LogP contribution in [0.2, 0.25) is 5.02 Å². The van der Waals surface area contributed by atoms with Crippen molar-refractivity contribution in [2.24, 2.45) is 0 Å². The average Bonchev–Trinajstić information content (AvgIpc) is 3.31. The summed E-state index contributed by atoms with van der Waals surface area (Å²) in [5.41, 5.74) is 0.0859. The maximum Gasteiger partial charge on any atom is 0.350 e. The number of aromatic nitrogens is 1. The maximum absolute atomic E-state index is 14.9. The van der Waals surface area contributed by atoms with Gasteiger partial charge in [0, 0.05) is 10.6 Å². The summed E-state index contributed by atoms with van der Waals surface area (Å²) in [6.45, 7) is 1.59. The third-order valence-corrected chi connectivity index (χ3v) is 6.77. The normalized spacial score (nSPS) is 15.2. The van der Waals surface area contributed by atoms with Crippen LogP contribution in [0.15, 0.2) is 51.7 Å². The molecule has 0 N–H and O–H groups in total. The summed E-state index contributed by atoms with van der Waals surface area (Å²) in [6.07, 6.45) is 0. The lowest BCUT2D eigenvalue weighted by molar-refractivity contribution is 0.0605. The lowest BCUT2D eigenvalue weighted by Crippen LogP contribution is -2.30. The number of rotatable bonds is 3. The fourth-order valence-electron chi connectivity index (χ4n) is 3.90. The average molecular weight is 485 g/mol. The van der Waals surface area contributed by atoms with Gasteiger partial charge in [-0.2, -0.15) is 0 Å². The smallest absolute Gasteiger partial charge is 0.350 e. The zero-order valence-electron chi connectivity index (χ0n) is 17.2. The number of hydrogen-bond donors (Lipinski definition) is 0. The molecule has 5 rings (SSSR count). The van der Waals surface area contributed by atoms with Crippen LogP contribution < -0.4 is 10.3 Å². The minimum atomic E-state index is -1.15. The molecule has 2 aromatic heterocycles. The van der Waals surface area contributed by atoms with E-state index in [0.29, 0.717) is 10.7 Å². The second-order valence-corrected chi connectivity index (χ2v) is 8.73. The van der Waals surface area contributed by atoms with Crippen molar-refractivity contribution in [3.8, 4) is 0 Å². The Balaban J connectivity index is 1.81. The van der Waals surface area contributed by atoms with E-state index in [0.717, 1.165) is 11.3 Å². The van der Waals surface area contributed by atoms with Gasteiger partial charge in [-0.25, -0.2) is 14.2 Å². The van der Waals surface area contributed by atoms with Gasteiger partial charge in [0.25, 0.3) is 5.91 Å². The predicted molar refractivity (Wildman–Crippen MR) is 121 cm³/mol. The number of esters is 1. The van der Waals surface area contributed by atoms with Gasteiger partial charge >= 0.3 is 5.97 Å². The lowest BCUT2D eigenvalue weighted by atomic mass is 9.98. The molecule has 1 amide bonds. The molecule has 1 aliphatic heterocycles. The van der Waals surface area contributed by atoms with Gasteiger partial charge < -0.3 is 9.15 Å². The molecule has 10 heteroatoms. The van der Waals surface area contributed by atoms with Crippen LogP contribution in [0.4, 0.5) is 9.52 Å². The maximum atomic E-state index is 14.9. The molecule has 0 radical (unpaired) electrons. The Bertz CT molecular complexity index is 1530. The largest absolute Gasteiger partial charge is 0.465 e. The van der Waals surface area contributed by atoms with E-state index < -0.39 is 29.2 Å². The Hall–Kier alpha value is -3.56. The molecule has 0 spiro atoms. The zero-order valence-corrected chi connectivity index (χ0v) is 18.8. The van der Waals surface area contributed by atoms with Gasteiger partial charge in [-0.3, -0.25) is 14.5 Å². The van der Waals surface area contributed by atoms with Crippen molar-refractivity contribution < 1.29 is 23.1 Å². The van der Waals surface area contributed by atoms with Crippen molar-refractivity contribution in [1.29, 1.82) is 0 Å². The fourth-order valence-corrected chi connectivity index (χ4v) is 5.08. The number of amides is 1.